The molecule has 0 atom stereocenters. The maximum Gasteiger partial charge on any atom is 0.269 e. The zero-order valence-corrected chi connectivity index (χ0v) is 18.8. The minimum absolute atomic E-state index is 0.200. The van der Waals surface area contributed by atoms with Crippen LogP contribution in [0.3, 0.4) is 0 Å². The molecule has 2 heterocycles. The minimum Gasteiger partial charge on any atom is -0.270 e. The summed E-state index contributed by atoms with van der Waals surface area (Å²) in [7, 11) is 0. The Morgan fingerprint density at radius 2 is 1.74 bits per heavy atom. The number of amides is 3. The van der Waals surface area contributed by atoms with Gasteiger partial charge in [0.15, 0.2) is 0 Å². The van der Waals surface area contributed by atoms with Gasteiger partial charge in [-0.25, -0.2) is 9.37 Å². The van der Waals surface area contributed by atoms with Gasteiger partial charge in [0.05, 0.1) is 27.6 Å². The number of hydrazone groups is 1. The number of nitrogens with zero attached hydrogens (tertiary/aromatic N) is 4. The number of thiazole rings is 1. The van der Waals surface area contributed by atoms with Crippen molar-refractivity contribution in [2.24, 2.45) is 5.10 Å². The van der Waals surface area contributed by atoms with Crippen molar-refractivity contribution in [1.29, 1.82) is 0 Å². The van der Waals surface area contributed by atoms with Crippen molar-refractivity contribution in [2.45, 2.75) is 6.92 Å². The van der Waals surface area contributed by atoms with E-state index in [9.17, 15) is 18.8 Å². The van der Waals surface area contributed by atoms with E-state index in [0.717, 1.165) is 32.4 Å². The summed E-state index contributed by atoms with van der Waals surface area (Å²) in [5.41, 5.74) is 2.83. The summed E-state index contributed by atoms with van der Waals surface area (Å²) in [5, 5.41) is 5.56. The minimum atomic E-state index is -0.627. The van der Waals surface area contributed by atoms with Crippen LogP contribution in [0.15, 0.2) is 71.8 Å². The SMILES string of the molecule is Cc1ccc(/C=N/N(C(=O)CN2C(=O)c3ccccc3C2=O)c2nc3ccc(F)cc3s2)cc1. The number of carbonyl (C=O) groups is 3. The Hall–Kier alpha value is -4.24. The van der Waals surface area contributed by atoms with Gasteiger partial charge in [0.1, 0.15) is 12.4 Å². The topological polar surface area (TPSA) is 82.9 Å². The molecule has 0 radical (unpaired) electrons. The van der Waals surface area contributed by atoms with E-state index in [0.29, 0.717) is 10.2 Å². The number of halogens is 1. The number of imide groups is 1. The highest BCUT2D eigenvalue weighted by atomic mass is 32.1. The molecule has 0 fully saturated rings. The lowest BCUT2D eigenvalue weighted by Crippen LogP contribution is -2.41. The summed E-state index contributed by atoms with van der Waals surface area (Å²) in [4.78, 5) is 44.1. The van der Waals surface area contributed by atoms with E-state index < -0.39 is 30.1 Å². The molecule has 1 aliphatic heterocycles. The predicted octanol–water partition coefficient (Wildman–Crippen LogP) is 4.41. The molecule has 3 aromatic carbocycles. The van der Waals surface area contributed by atoms with Crippen LogP contribution < -0.4 is 5.01 Å². The van der Waals surface area contributed by atoms with Crippen molar-refractivity contribution in [3.8, 4) is 0 Å². The molecule has 0 aliphatic carbocycles. The van der Waals surface area contributed by atoms with E-state index in [1.807, 2.05) is 31.2 Å². The second-order valence-electron chi connectivity index (χ2n) is 7.71. The van der Waals surface area contributed by atoms with Gasteiger partial charge in [-0.15, -0.1) is 0 Å². The lowest BCUT2D eigenvalue weighted by atomic mass is 10.1. The number of anilines is 1. The molecule has 7 nitrogen and oxygen atoms in total. The summed E-state index contributed by atoms with van der Waals surface area (Å²) in [6, 6.07) is 18.1. The fourth-order valence-corrected chi connectivity index (χ4v) is 4.53. The third kappa shape index (κ3) is 3.97. The van der Waals surface area contributed by atoms with Crippen LogP contribution in [0.5, 0.6) is 0 Å². The Labute approximate surface area is 197 Å². The third-order valence-electron chi connectivity index (χ3n) is 5.33. The molecule has 1 aromatic heterocycles. The van der Waals surface area contributed by atoms with Crippen molar-refractivity contribution in [3.05, 3.63) is 94.8 Å². The number of benzene rings is 3. The molecule has 0 unspecified atom stereocenters. The van der Waals surface area contributed by atoms with Crippen LogP contribution in [0.1, 0.15) is 31.8 Å². The van der Waals surface area contributed by atoms with Crippen molar-refractivity contribution in [1.82, 2.24) is 9.88 Å². The standard InChI is InChI=1S/C25H17FN4O3S/c1-15-6-8-16(9-7-15)13-27-30(25-28-20-11-10-17(26)12-21(20)34-25)22(31)14-29-23(32)18-4-2-3-5-19(18)24(29)33/h2-13H,14H2,1H3/b27-13+. The van der Waals surface area contributed by atoms with Gasteiger partial charge >= 0.3 is 0 Å². The van der Waals surface area contributed by atoms with Gasteiger partial charge in [0, 0.05) is 0 Å². The van der Waals surface area contributed by atoms with Gasteiger partial charge in [-0.05, 0) is 42.8 Å². The highest BCUT2D eigenvalue weighted by Crippen LogP contribution is 2.30. The fraction of sp³-hybridized carbons (Fsp3) is 0.0800. The first kappa shape index (κ1) is 21.6. The molecule has 0 bridgehead atoms. The van der Waals surface area contributed by atoms with Crippen LogP contribution in [0.2, 0.25) is 0 Å². The second-order valence-corrected chi connectivity index (χ2v) is 8.72. The van der Waals surface area contributed by atoms with E-state index in [1.54, 1.807) is 24.3 Å². The molecule has 0 N–H and O–H groups in total. The number of rotatable bonds is 5. The van der Waals surface area contributed by atoms with Crippen molar-refractivity contribution >= 4 is 50.6 Å². The first-order valence-electron chi connectivity index (χ1n) is 10.4. The van der Waals surface area contributed by atoms with Gasteiger partial charge < -0.3 is 0 Å². The molecule has 4 aromatic rings. The Bertz CT molecular complexity index is 1440. The molecule has 34 heavy (non-hydrogen) atoms. The van der Waals surface area contributed by atoms with Crippen molar-refractivity contribution < 1.29 is 18.8 Å². The van der Waals surface area contributed by atoms with Gasteiger partial charge in [0.25, 0.3) is 17.7 Å². The number of aromatic nitrogens is 1. The number of aryl methyl sites for hydroxylation is 1. The summed E-state index contributed by atoms with van der Waals surface area (Å²) < 4.78 is 14.2. The number of fused-ring (bicyclic) bond motifs is 2. The van der Waals surface area contributed by atoms with Crippen LogP contribution in [0, 0.1) is 12.7 Å². The lowest BCUT2D eigenvalue weighted by molar-refractivity contribution is -0.118. The van der Waals surface area contributed by atoms with Crippen molar-refractivity contribution in [2.75, 3.05) is 11.6 Å². The largest absolute Gasteiger partial charge is 0.270 e. The second kappa shape index (κ2) is 8.60. The zero-order valence-electron chi connectivity index (χ0n) is 17.9. The molecular weight excluding hydrogens is 455 g/mol. The van der Waals surface area contributed by atoms with Crippen LogP contribution in [-0.4, -0.2) is 40.4 Å². The molecule has 5 rings (SSSR count). The van der Waals surface area contributed by atoms with E-state index >= 15 is 0 Å². The van der Waals surface area contributed by atoms with Crippen LogP contribution in [0.4, 0.5) is 9.52 Å². The smallest absolute Gasteiger partial charge is 0.269 e. The normalized spacial score (nSPS) is 13.2. The summed E-state index contributed by atoms with van der Waals surface area (Å²) in [6.07, 6.45) is 1.49. The predicted molar refractivity (Wildman–Crippen MR) is 128 cm³/mol. The van der Waals surface area contributed by atoms with Crippen LogP contribution >= 0.6 is 11.3 Å². The monoisotopic (exact) mass is 472 g/mol. The Morgan fingerprint density at radius 3 is 2.41 bits per heavy atom. The quantitative estimate of drug-likeness (QED) is 0.245. The molecule has 9 heteroatoms. The maximum atomic E-state index is 13.7. The Morgan fingerprint density at radius 1 is 1.06 bits per heavy atom. The molecule has 168 valence electrons. The number of carbonyl (C=O) groups excluding carboxylic acids is 3. The molecule has 0 saturated carbocycles. The summed E-state index contributed by atoms with van der Waals surface area (Å²) >= 11 is 1.08. The van der Waals surface area contributed by atoms with Gasteiger partial charge in [-0.1, -0.05) is 53.3 Å². The highest BCUT2D eigenvalue weighted by Gasteiger charge is 2.37. The summed E-state index contributed by atoms with van der Waals surface area (Å²) in [6.45, 7) is 1.45. The highest BCUT2D eigenvalue weighted by molar-refractivity contribution is 7.22. The molecule has 1 aliphatic rings. The molecule has 0 saturated heterocycles. The van der Waals surface area contributed by atoms with Gasteiger partial charge in [-0.2, -0.15) is 10.1 Å². The fourth-order valence-electron chi connectivity index (χ4n) is 3.56. The lowest BCUT2D eigenvalue weighted by Gasteiger charge is -2.18. The van der Waals surface area contributed by atoms with E-state index in [2.05, 4.69) is 10.1 Å². The third-order valence-corrected chi connectivity index (χ3v) is 6.32. The number of hydrogen-bond donors (Lipinski definition) is 0. The van der Waals surface area contributed by atoms with Gasteiger partial charge in [0.2, 0.25) is 5.13 Å². The van der Waals surface area contributed by atoms with E-state index in [-0.39, 0.29) is 16.3 Å². The first-order chi connectivity index (χ1) is 16.4. The molecule has 0 spiro atoms. The first-order valence-corrected chi connectivity index (χ1v) is 11.2. The van der Waals surface area contributed by atoms with E-state index in [1.165, 1.54) is 24.4 Å². The Kier molecular flexibility index (Phi) is 5.46. The maximum absolute atomic E-state index is 13.7. The average molecular weight is 473 g/mol. The average Bonchev–Trinajstić information content (AvgIpc) is 3.35. The van der Waals surface area contributed by atoms with Gasteiger partial charge in [-0.3, -0.25) is 19.3 Å². The van der Waals surface area contributed by atoms with Crippen molar-refractivity contribution in [3.63, 3.8) is 0 Å². The number of hydrogen-bond acceptors (Lipinski definition) is 6. The molecule has 3 amide bonds. The zero-order chi connectivity index (χ0) is 23.8. The summed E-state index contributed by atoms with van der Waals surface area (Å²) in [5.74, 6) is -2.13. The van der Waals surface area contributed by atoms with Crippen LogP contribution in [-0.2, 0) is 4.79 Å². The van der Waals surface area contributed by atoms with Crippen LogP contribution in [0.25, 0.3) is 10.2 Å². The molecular formula is C25H17FN4O3S. The van der Waals surface area contributed by atoms with E-state index in [4.69, 9.17) is 0 Å². The Balaban J connectivity index is 1.48.